The van der Waals surface area contributed by atoms with Crippen molar-refractivity contribution in [3.63, 3.8) is 0 Å². The zero-order valence-electron chi connectivity index (χ0n) is 12.0. The van der Waals surface area contributed by atoms with Crippen LogP contribution in [0.1, 0.15) is 6.92 Å². The molecule has 1 aliphatic rings. The molecule has 1 heterocycles. The average molecular weight is 351 g/mol. The molecule has 0 aromatic heterocycles. The van der Waals surface area contributed by atoms with Crippen LogP contribution < -0.4 is 15.4 Å². The molecule has 0 saturated heterocycles. The number of para-hydroxylation sites is 2. The number of carbonyl (C=O) groups is 2. The van der Waals surface area contributed by atoms with E-state index in [-0.39, 0.29) is 0 Å². The van der Waals surface area contributed by atoms with Gasteiger partial charge in [0.2, 0.25) is 0 Å². The molecule has 3 rings (SSSR count). The van der Waals surface area contributed by atoms with Crippen LogP contribution in [0.25, 0.3) is 0 Å². The van der Waals surface area contributed by atoms with Gasteiger partial charge in [0.05, 0.1) is 5.69 Å². The average Bonchev–Trinajstić information content (AvgIpc) is 2.47. The lowest BCUT2D eigenvalue weighted by atomic mass is 10.0. The number of anilines is 2. The van der Waals surface area contributed by atoms with Gasteiger partial charge in [-0.25, -0.2) is 0 Å². The number of halogens is 2. The van der Waals surface area contributed by atoms with Crippen molar-refractivity contribution < 1.29 is 14.3 Å². The number of hydrogen-bond donors (Lipinski definition) is 2. The molecule has 2 aromatic rings. The van der Waals surface area contributed by atoms with Crippen LogP contribution in [0, 0.1) is 0 Å². The van der Waals surface area contributed by atoms with Gasteiger partial charge in [0, 0.05) is 15.7 Å². The summed E-state index contributed by atoms with van der Waals surface area (Å²) >= 11 is 11.8. The Hall–Kier alpha value is -2.24. The molecule has 0 radical (unpaired) electrons. The van der Waals surface area contributed by atoms with Crippen molar-refractivity contribution in [1.29, 1.82) is 0 Å². The third-order valence-electron chi connectivity index (χ3n) is 3.44. The van der Waals surface area contributed by atoms with Crippen molar-refractivity contribution in [1.82, 2.24) is 0 Å². The summed E-state index contributed by atoms with van der Waals surface area (Å²) in [5.74, 6) is -0.751. The molecule has 118 valence electrons. The van der Waals surface area contributed by atoms with E-state index >= 15 is 0 Å². The first-order valence-corrected chi connectivity index (χ1v) is 7.51. The van der Waals surface area contributed by atoms with E-state index in [1.54, 1.807) is 30.3 Å². The topological polar surface area (TPSA) is 67.4 Å². The summed E-state index contributed by atoms with van der Waals surface area (Å²) in [5, 5.41) is 6.01. The second-order valence-electron chi connectivity index (χ2n) is 5.20. The molecule has 0 fully saturated rings. The first-order chi connectivity index (χ1) is 10.9. The predicted molar refractivity (Wildman–Crippen MR) is 89.2 cm³/mol. The van der Waals surface area contributed by atoms with E-state index in [0.717, 1.165) is 0 Å². The van der Waals surface area contributed by atoms with Crippen molar-refractivity contribution in [2.24, 2.45) is 0 Å². The van der Waals surface area contributed by atoms with Crippen molar-refractivity contribution in [2.75, 3.05) is 10.6 Å². The Morgan fingerprint density at radius 2 is 1.83 bits per heavy atom. The zero-order chi connectivity index (χ0) is 16.6. The van der Waals surface area contributed by atoms with Gasteiger partial charge in [-0.3, -0.25) is 9.59 Å². The number of ether oxygens (including phenoxy) is 1. The Balaban J connectivity index is 1.88. The lowest BCUT2D eigenvalue weighted by Gasteiger charge is -2.33. The third-order valence-corrected chi connectivity index (χ3v) is 3.87. The molecule has 7 heteroatoms. The SMILES string of the molecule is CC1(C(=O)Nc2cc(Cl)cc(Cl)c2)Oc2ccccc2NC1=O. The zero-order valence-corrected chi connectivity index (χ0v) is 13.5. The van der Waals surface area contributed by atoms with Gasteiger partial charge in [0.25, 0.3) is 17.4 Å². The highest BCUT2D eigenvalue weighted by Gasteiger charge is 2.47. The van der Waals surface area contributed by atoms with Gasteiger partial charge in [0.1, 0.15) is 5.75 Å². The summed E-state index contributed by atoms with van der Waals surface area (Å²) < 4.78 is 5.64. The van der Waals surface area contributed by atoms with Gasteiger partial charge in [-0.15, -0.1) is 0 Å². The van der Waals surface area contributed by atoms with E-state index in [0.29, 0.717) is 27.2 Å². The maximum Gasteiger partial charge on any atom is 0.278 e. The molecule has 1 unspecified atom stereocenters. The Labute approximate surface area is 142 Å². The van der Waals surface area contributed by atoms with Gasteiger partial charge >= 0.3 is 0 Å². The lowest BCUT2D eigenvalue weighted by Crippen LogP contribution is -2.56. The third kappa shape index (κ3) is 2.98. The maximum absolute atomic E-state index is 12.5. The molecular weight excluding hydrogens is 339 g/mol. The Morgan fingerprint density at radius 3 is 2.52 bits per heavy atom. The van der Waals surface area contributed by atoms with Gasteiger partial charge in [-0.05, 0) is 37.3 Å². The summed E-state index contributed by atoms with van der Waals surface area (Å²) in [6.07, 6.45) is 0. The minimum absolute atomic E-state index is 0.373. The van der Waals surface area contributed by atoms with Crippen LogP contribution in [-0.4, -0.2) is 17.4 Å². The molecule has 2 amide bonds. The second kappa shape index (κ2) is 5.76. The van der Waals surface area contributed by atoms with Crippen LogP contribution in [0.15, 0.2) is 42.5 Å². The maximum atomic E-state index is 12.5. The number of hydrogen-bond acceptors (Lipinski definition) is 3. The van der Waals surface area contributed by atoms with Crippen molar-refractivity contribution in [3.8, 4) is 5.75 Å². The summed E-state index contributed by atoms with van der Waals surface area (Å²) in [4.78, 5) is 24.8. The van der Waals surface area contributed by atoms with Gasteiger partial charge in [-0.2, -0.15) is 0 Å². The van der Waals surface area contributed by atoms with Crippen LogP contribution in [0.5, 0.6) is 5.75 Å². The normalized spacial score (nSPS) is 19.3. The molecule has 2 N–H and O–H groups in total. The molecule has 1 atom stereocenters. The molecule has 0 bridgehead atoms. The Bertz CT molecular complexity index is 789. The Morgan fingerprint density at radius 1 is 1.17 bits per heavy atom. The second-order valence-corrected chi connectivity index (χ2v) is 6.07. The van der Waals surface area contributed by atoms with Crippen LogP contribution in [-0.2, 0) is 9.59 Å². The minimum Gasteiger partial charge on any atom is -0.466 e. The summed E-state index contributed by atoms with van der Waals surface area (Å²) in [7, 11) is 0. The quantitative estimate of drug-likeness (QED) is 0.811. The molecule has 0 saturated carbocycles. The fourth-order valence-electron chi connectivity index (χ4n) is 2.19. The fraction of sp³-hybridized carbons (Fsp3) is 0.125. The fourth-order valence-corrected chi connectivity index (χ4v) is 2.72. The van der Waals surface area contributed by atoms with Gasteiger partial charge < -0.3 is 15.4 Å². The van der Waals surface area contributed by atoms with Crippen LogP contribution in [0.2, 0.25) is 10.0 Å². The first-order valence-electron chi connectivity index (χ1n) is 6.75. The van der Waals surface area contributed by atoms with E-state index < -0.39 is 17.4 Å². The summed E-state index contributed by atoms with van der Waals surface area (Å²) in [5.41, 5.74) is -0.805. The molecule has 5 nitrogen and oxygen atoms in total. The first kappa shape index (κ1) is 15.6. The smallest absolute Gasteiger partial charge is 0.278 e. The van der Waals surface area contributed by atoms with E-state index in [2.05, 4.69) is 10.6 Å². The highest BCUT2D eigenvalue weighted by Crippen LogP contribution is 2.34. The highest BCUT2D eigenvalue weighted by molar-refractivity contribution is 6.35. The number of benzene rings is 2. The van der Waals surface area contributed by atoms with Crippen molar-refractivity contribution in [3.05, 3.63) is 52.5 Å². The largest absolute Gasteiger partial charge is 0.466 e. The summed E-state index contributed by atoms with van der Waals surface area (Å²) in [6, 6.07) is 11.5. The van der Waals surface area contributed by atoms with Crippen LogP contribution in [0.3, 0.4) is 0 Å². The number of nitrogens with one attached hydrogen (secondary N) is 2. The van der Waals surface area contributed by atoms with Crippen LogP contribution >= 0.6 is 23.2 Å². The van der Waals surface area contributed by atoms with E-state index in [1.165, 1.54) is 19.1 Å². The number of fused-ring (bicyclic) bond motifs is 1. The van der Waals surface area contributed by atoms with Crippen molar-refractivity contribution >= 4 is 46.4 Å². The number of rotatable bonds is 2. The highest BCUT2D eigenvalue weighted by atomic mass is 35.5. The predicted octanol–water partition coefficient (Wildman–Crippen LogP) is 3.72. The monoisotopic (exact) mass is 350 g/mol. The van der Waals surface area contributed by atoms with Gasteiger partial charge in [0.15, 0.2) is 0 Å². The Kier molecular flexibility index (Phi) is 3.92. The summed E-state index contributed by atoms with van der Waals surface area (Å²) in [6.45, 7) is 1.40. The van der Waals surface area contributed by atoms with E-state index in [1.807, 2.05) is 0 Å². The molecule has 2 aromatic carbocycles. The molecule has 0 spiro atoms. The van der Waals surface area contributed by atoms with Crippen LogP contribution in [0.4, 0.5) is 11.4 Å². The molecule has 23 heavy (non-hydrogen) atoms. The lowest BCUT2D eigenvalue weighted by molar-refractivity contribution is -0.143. The number of carbonyl (C=O) groups excluding carboxylic acids is 2. The van der Waals surface area contributed by atoms with Crippen molar-refractivity contribution in [2.45, 2.75) is 12.5 Å². The molecular formula is C16H12Cl2N2O3. The minimum atomic E-state index is -1.71. The van der Waals surface area contributed by atoms with E-state index in [4.69, 9.17) is 27.9 Å². The molecule has 0 aliphatic carbocycles. The standard InChI is InChI=1S/C16H12Cl2N2O3/c1-16(14(21)19-11-7-9(17)6-10(18)8-11)15(22)20-12-4-2-3-5-13(12)23-16/h2-8H,1H3,(H,19,21)(H,20,22). The van der Waals surface area contributed by atoms with E-state index in [9.17, 15) is 9.59 Å². The van der Waals surface area contributed by atoms with Gasteiger partial charge in [-0.1, -0.05) is 35.3 Å². The molecule has 1 aliphatic heterocycles. The number of amides is 2.